The summed E-state index contributed by atoms with van der Waals surface area (Å²) < 4.78 is 6.11. The molecule has 0 aliphatic carbocycles. The Hall–Kier alpha value is -1.46. The Bertz CT molecular complexity index is 584. The molecule has 110 valence electrons. The highest BCUT2D eigenvalue weighted by molar-refractivity contribution is 9.10. The van der Waals surface area contributed by atoms with Crippen molar-refractivity contribution in [2.75, 3.05) is 18.2 Å². The van der Waals surface area contributed by atoms with Crippen molar-refractivity contribution in [2.45, 2.75) is 5.75 Å². The number of anilines is 1. The summed E-state index contributed by atoms with van der Waals surface area (Å²) in [6.07, 6.45) is 0. The van der Waals surface area contributed by atoms with E-state index < -0.39 is 0 Å². The Labute approximate surface area is 137 Å². The third-order valence-corrected chi connectivity index (χ3v) is 4.32. The van der Waals surface area contributed by atoms with Crippen LogP contribution in [0.4, 0.5) is 5.69 Å². The number of nitrogens with one attached hydrogen (secondary N) is 1. The van der Waals surface area contributed by atoms with Crippen molar-refractivity contribution in [1.29, 1.82) is 0 Å². The van der Waals surface area contributed by atoms with Crippen molar-refractivity contribution in [1.82, 2.24) is 0 Å². The molecule has 0 atom stereocenters. The third-order valence-electron chi connectivity index (χ3n) is 2.79. The van der Waals surface area contributed by atoms with Gasteiger partial charge in [0.2, 0.25) is 5.91 Å². The van der Waals surface area contributed by atoms with E-state index >= 15 is 0 Å². The van der Waals surface area contributed by atoms with Crippen LogP contribution in [0.25, 0.3) is 0 Å². The molecule has 5 heteroatoms. The van der Waals surface area contributed by atoms with E-state index in [0.717, 1.165) is 21.7 Å². The number of ether oxygens (including phenoxy) is 1. The van der Waals surface area contributed by atoms with Crippen LogP contribution in [-0.2, 0) is 10.5 Å². The van der Waals surface area contributed by atoms with Gasteiger partial charge >= 0.3 is 0 Å². The molecule has 3 nitrogen and oxygen atoms in total. The first-order valence-corrected chi connectivity index (χ1v) is 8.38. The number of amides is 1. The molecule has 2 aromatic rings. The largest absolute Gasteiger partial charge is 0.497 e. The van der Waals surface area contributed by atoms with Gasteiger partial charge in [0.05, 0.1) is 12.9 Å². The van der Waals surface area contributed by atoms with Crippen LogP contribution in [0, 0.1) is 0 Å². The van der Waals surface area contributed by atoms with E-state index in [4.69, 9.17) is 4.74 Å². The first-order chi connectivity index (χ1) is 10.2. The molecule has 2 rings (SSSR count). The van der Waals surface area contributed by atoms with E-state index in [1.807, 2.05) is 48.5 Å². The summed E-state index contributed by atoms with van der Waals surface area (Å²) in [4.78, 5) is 11.8. The minimum atomic E-state index is 0.0100. The van der Waals surface area contributed by atoms with Crippen LogP contribution in [0.15, 0.2) is 53.0 Å². The van der Waals surface area contributed by atoms with E-state index in [1.165, 1.54) is 5.56 Å². The van der Waals surface area contributed by atoms with Gasteiger partial charge in [-0.15, -0.1) is 11.8 Å². The second-order valence-electron chi connectivity index (χ2n) is 4.40. The van der Waals surface area contributed by atoms with Crippen LogP contribution in [-0.4, -0.2) is 18.8 Å². The number of hydrogen-bond donors (Lipinski definition) is 1. The Morgan fingerprint density at radius 3 is 2.43 bits per heavy atom. The average Bonchev–Trinajstić information content (AvgIpc) is 2.50. The molecule has 1 N–H and O–H groups in total. The van der Waals surface area contributed by atoms with Gasteiger partial charge in [0, 0.05) is 15.9 Å². The molecule has 0 saturated carbocycles. The fraction of sp³-hybridized carbons (Fsp3) is 0.188. The van der Waals surface area contributed by atoms with E-state index in [2.05, 4.69) is 21.2 Å². The fourth-order valence-electron chi connectivity index (χ4n) is 1.71. The quantitative estimate of drug-likeness (QED) is 0.827. The van der Waals surface area contributed by atoms with Crippen molar-refractivity contribution in [3.63, 3.8) is 0 Å². The maximum absolute atomic E-state index is 11.8. The number of carbonyl (C=O) groups is 1. The molecule has 2 aromatic carbocycles. The summed E-state index contributed by atoms with van der Waals surface area (Å²) >= 11 is 4.95. The molecule has 0 radical (unpaired) electrons. The minimum Gasteiger partial charge on any atom is -0.497 e. The topological polar surface area (TPSA) is 38.3 Å². The molecule has 0 fully saturated rings. The second-order valence-corrected chi connectivity index (χ2v) is 6.30. The van der Waals surface area contributed by atoms with E-state index in [0.29, 0.717) is 5.75 Å². The molecule has 0 spiro atoms. The van der Waals surface area contributed by atoms with E-state index in [1.54, 1.807) is 18.9 Å². The van der Waals surface area contributed by atoms with Gasteiger partial charge < -0.3 is 10.1 Å². The van der Waals surface area contributed by atoms with Gasteiger partial charge in [0.1, 0.15) is 5.75 Å². The Morgan fingerprint density at radius 2 is 1.81 bits per heavy atom. The molecule has 0 heterocycles. The van der Waals surface area contributed by atoms with Crippen LogP contribution in [0.5, 0.6) is 5.75 Å². The summed E-state index contributed by atoms with van der Waals surface area (Å²) in [5.74, 6) is 2.09. The fourth-order valence-corrected chi connectivity index (χ4v) is 2.77. The maximum atomic E-state index is 11.8. The molecule has 21 heavy (non-hydrogen) atoms. The molecule has 0 unspecified atom stereocenters. The maximum Gasteiger partial charge on any atom is 0.234 e. The highest BCUT2D eigenvalue weighted by Crippen LogP contribution is 2.17. The summed E-state index contributed by atoms with van der Waals surface area (Å²) in [6, 6.07) is 15.4. The zero-order valence-electron chi connectivity index (χ0n) is 11.6. The molecule has 0 aliphatic heterocycles. The van der Waals surface area contributed by atoms with Crippen LogP contribution >= 0.6 is 27.7 Å². The van der Waals surface area contributed by atoms with Crippen LogP contribution in [0.3, 0.4) is 0 Å². The zero-order valence-corrected chi connectivity index (χ0v) is 14.0. The molecule has 0 aromatic heterocycles. The normalized spacial score (nSPS) is 10.2. The van der Waals surface area contributed by atoms with Crippen molar-refractivity contribution >= 4 is 39.3 Å². The summed E-state index contributed by atoms with van der Waals surface area (Å²) in [5, 5.41) is 2.87. The number of carbonyl (C=O) groups excluding carboxylic acids is 1. The molecular weight excluding hydrogens is 350 g/mol. The molecule has 0 aliphatic rings. The smallest absolute Gasteiger partial charge is 0.234 e. The monoisotopic (exact) mass is 365 g/mol. The van der Waals surface area contributed by atoms with E-state index in [9.17, 15) is 4.79 Å². The number of thioether (sulfide) groups is 1. The summed E-state index contributed by atoms with van der Waals surface area (Å²) in [7, 11) is 1.65. The van der Waals surface area contributed by atoms with Gasteiger partial charge in [-0.2, -0.15) is 0 Å². The molecule has 0 bridgehead atoms. The standard InChI is InChI=1S/C16H16BrNO2S/c1-20-15-8-2-12(3-9-15)10-21-11-16(19)18-14-6-4-13(17)5-7-14/h2-9H,10-11H2,1H3,(H,18,19). The van der Waals surface area contributed by atoms with Crippen molar-refractivity contribution in [3.8, 4) is 5.75 Å². The first-order valence-electron chi connectivity index (χ1n) is 6.43. The lowest BCUT2D eigenvalue weighted by Crippen LogP contribution is -2.14. The van der Waals surface area contributed by atoms with Gasteiger partial charge in [-0.3, -0.25) is 4.79 Å². The van der Waals surface area contributed by atoms with Crippen molar-refractivity contribution in [3.05, 3.63) is 58.6 Å². The third kappa shape index (κ3) is 5.44. The predicted octanol–water partition coefficient (Wildman–Crippen LogP) is 4.33. The van der Waals surface area contributed by atoms with Gasteiger partial charge in [-0.05, 0) is 42.0 Å². The lowest BCUT2D eigenvalue weighted by Gasteiger charge is -2.06. The Morgan fingerprint density at radius 1 is 1.14 bits per heavy atom. The van der Waals surface area contributed by atoms with E-state index in [-0.39, 0.29) is 5.91 Å². The highest BCUT2D eigenvalue weighted by atomic mass is 79.9. The average molecular weight is 366 g/mol. The van der Waals surface area contributed by atoms with Gasteiger partial charge in [0.15, 0.2) is 0 Å². The first kappa shape index (κ1) is 15.9. The number of rotatable bonds is 6. The lowest BCUT2D eigenvalue weighted by molar-refractivity contribution is -0.113. The lowest BCUT2D eigenvalue weighted by atomic mass is 10.2. The SMILES string of the molecule is COc1ccc(CSCC(=O)Nc2ccc(Br)cc2)cc1. The van der Waals surface area contributed by atoms with Crippen LogP contribution < -0.4 is 10.1 Å². The number of hydrogen-bond acceptors (Lipinski definition) is 3. The van der Waals surface area contributed by atoms with Crippen molar-refractivity contribution < 1.29 is 9.53 Å². The van der Waals surface area contributed by atoms with Crippen LogP contribution in [0.1, 0.15) is 5.56 Å². The Kier molecular flexibility index (Phi) is 6.14. The summed E-state index contributed by atoms with van der Waals surface area (Å²) in [6.45, 7) is 0. The number of benzene rings is 2. The minimum absolute atomic E-state index is 0.0100. The van der Waals surface area contributed by atoms with Crippen LogP contribution in [0.2, 0.25) is 0 Å². The number of methoxy groups -OCH3 is 1. The van der Waals surface area contributed by atoms with Gasteiger partial charge in [-0.25, -0.2) is 0 Å². The number of halogens is 1. The van der Waals surface area contributed by atoms with Gasteiger partial charge in [-0.1, -0.05) is 28.1 Å². The molecule has 0 saturated heterocycles. The molecule has 1 amide bonds. The molecular formula is C16H16BrNO2S. The summed E-state index contributed by atoms with van der Waals surface area (Å²) in [5.41, 5.74) is 1.99. The predicted molar refractivity (Wildman–Crippen MR) is 91.9 cm³/mol. The Balaban J connectivity index is 1.74. The second kappa shape index (κ2) is 8.10. The van der Waals surface area contributed by atoms with Gasteiger partial charge in [0.25, 0.3) is 0 Å². The zero-order chi connectivity index (χ0) is 15.1. The highest BCUT2D eigenvalue weighted by Gasteiger charge is 2.03. The van der Waals surface area contributed by atoms with Crippen molar-refractivity contribution in [2.24, 2.45) is 0 Å².